The van der Waals surface area contributed by atoms with Gasteiger partial charge in [-0.3, -0.25) is 0 Å². The molecule has 2 heterocycles. The number of aromatic nitrogens is 2. The topological polar surface area (TPSA) is 89.3 Å². The third-order valence-electron chi connectivity index (χ3n) is 4.93. The average molecular weight is 392 g/mol. The molecule has 1 aromatic heterocycles. The number of nitrogens with zero attached hydrogens (tertiary/aromatic N) is 2. The number of hydrogen-bond donors (Lipinski definition) is 2. The highest BCUT2D eigenvalue weighted by Gasteiger charge is 2.27. The molecule has 1 amide bonds. The monoisotopic (exact) mass is 392 g/mol. The van der Waals surface area contributed by atoms with Gasteiger partial charge in [-0.2, -0.15) is 4.98 Å². The predicted molar refractivity (Wildman–Crippen MR) is 107 cm³/mol. The maximum Gasteiger partial charge on any atom is 0.408 e. The summed E-state index contributed by atoms with van der Waals surface area (Å²) in [5.41, 5.74) is 1.76. The summed E-state index contributed by atoms with van der Waals surface area (Å²) in [7, 11) is 0. The Hall–Kier alpha value is -3.19. The molecule has 150 valence electrons. The van der Waals surface area contributed by atoms with Crippen molar-refractivity contribution >= 4 is 6.09 Å². The van der Waals surface area contributed by atoms with Gasteiger partial charge in [0, 0.05) is 0 Å². The van der Waals surface area contributed by atoms with Crippen molar-refractivity contribution in [3.8, 4) is 0 Å². The Morgan fingerprint density at radius 3 is 2.62 bits per heavy atom. The molecular formula is C22H24N4O3. The molecule has 29 heavy (non-hydrogen) atoms. The zero-order chi connectivity index (χ0) is 19.9. The van der Waals surface area contributed by atoms with E-state index in [0.29, 0.717) is 11.7 Å². The second-order valence-electron chi connectivity index (χ2n) is 7.04. The molecule has 4 rings (SSSR count). The van der Waals surface area contributed by atoms with Crippen molar-refractivity contribution in [1.29, 1.82) is 0 Å². The van der Waals surface area contributed by atoms with Crippen LogP contribution in [0.5, 0.6) is 0 Å². The van der Waals surface area contributed by atoms with E-state index in [0.717, 1.165) is 36.9 Å². The van der Waals surface area contributed by atoms with E-state index in [9.17, 15) is 4.79 Å². The van der Waals surface area contributed by atoms with E-state index in [1.54, 1.807) is 0 Å². The van der Waals surface area contributed by atoms with E-state index in [1.807, 2.05) is 60.7 Å². The standard InChI is InChI=1S/C22H24N4O3/c27-22(28-15-16-9-3-1-4-10-16)24-19(17-11-5-2-6-12-17)21-25-20(26-29-21)18-13-7-8-14-23-18/h1-6,9-12,18-19,23H,7-8,13-15H2,(H,24,27). The molecule has 1 saturated heterocycles. The van der Waals surface area contributed by atoms with Crippen molar-refractivity contribution in [2.45, 2.75) is 38.0 Å². The van der Waals surface area contributed by atoms with Crippen LogP contribution in [0.2, 0.25) is 0 Å². The number of carbonyl (C=O) groups excluding carboxylic acids is 1. The van der Waals surface area contributed by atoms with Crippen LogP contribution in [-0.4, -0.2) is 22.8 Å². The number of alkyl carbamates (subject to hydrolysis) is 1. The largest absolute Gasteiger partial charge is 0.445 e. The molecule has 0 radical (unpaired) electrons. The number of benzene rings is 2. The van der Waals surface area contributed by atoms with E-state index >= 15 is 0 Å². The molecule has 7 nitrogen and oxygen atoms in total. The van der Waals surface area contributed by atoms with Crippen LogP contribution < -0.4 is 10.6 Å². The molecular weight excluding hydrogens is 368 g/mol. The molecule has 2 N–H and O–H groups in total. The van der Waals surface area contributed by atoms with Gasteiger partial charge in [-0.1, -0.05) is 72.2 Å². The molecule has 2 atom stereocenters. The lowest BCUT2D eigenvalue weighted by molar-refractivity contribution is 0.135. The molecule has 0 bridgehead atoms. The van der Waals surface area contributed by atoms with Crippen molar-refractivity contribution < 1.29 is 14.1 Å². The van der Waals surface area contributed by atoms with Gasteiger partial charge in [0.15, 0.2) is 5.82 Å². The van der Waals surface area contributed by atoms with Gasteiger partial charge in [0.05, 0.1) is 6.04 Å². The number of amides is 1. The van der Waals surface area contributed by atoms with Crippen LogP contribution in [0.15, 0.2) is 65.2 Å². The fourth-order valence-electron chi connectivity index (χ4n) is 3.39. The Morgan fingerprint density at radius 2 is 1.90 bits per heavy atom. The molecule has 0 spiro atoms. The third kappa shape index (κ3) is 5.00. The fourth-order valence-corrected chi connectivity index (χ4v) is 3.39. The Kier molecular flexibility index (Phi) is 6.16. The van der Waals surface area contributed by atoms with Gasteiger partial charge < -0.3 is 19.9 Å². The third-order valence-corrected chi connectivity index (χ3v) is 4.93. The van der Waals surface area contributed by atoms with Crippen molar-refractivity contribution in [2.24, 2.45) is 0 Å². The fraction of sp³-hybridized carbons (Fsp3) is 0.318. The van der Waals surface area contributed by atoms with Crippen molar-refractivity contribution in [3.05, 3.63) is 83.5 Å². The lowest BCUT2D eigenvalue weighted by atomic mass is 10.0. The van der Waals surface area contributed by atoms with Crippen LogP contribution in [0.4, 0.5) is 4.79 Å². The average Bonchev–Trinajstić information content (AvgIpc) is 3.28. The molecule has 1 fully saturated rings. The van der Waals surface area contributed by atoms with Crippen LogP contribution in [0.3, 0.4) is 0 Å². The van der Waals surface area contributed by atoms with Gasteiger partial charge in [-0.25, -0.2) is 4.79 Å². The Labute approximate surface area is 169 Å². The van der Waals surface area contributed by atoms with Gasteiger partial charge in [0.25, 0.3) is 5.89 Å². The van der Waals surface area contributed by atoms with Gasteiger partial charge >= 0.3 is 6.09 Å². The summed E-state index contributed by atoms with van der Waals surface area (Å²) in [6.45, 7) is 1.13. The van der Waals surface area contributed by atoms with Crippen molar-refractivity contribution in [2.75, 3.05) is 6.54 Å². The Balaban J connectivity index is 1.48. The number of carbonyl (C=O) groups is 1. The maximum absolute atomic E-state index is 12.4. The van der Waals surface area contributed by atoms with E-state index in [4.69, 9.17) is 9.26 Å². The minimum atomic E-state index is -0.579. The van der Waals surface area contributed by atoms with E-state index in [2.05, 4.69) is 20.8 Å². The first-order valence-electron chi connectivity index (χ1n) is 9.88. The quantitative estimate of drug-likeness (QED) is 0.661. The van der Waals surface area contributed by atoms with Crippen LogP contribution in [0.1, 0.15) is 54.2 Å². The highest BCUT2D eigenvalue weighted by Crippen LogP contribution is 2.25. The number of ether oxygens (including phenoxy) is 1. The molecule has 0 saturated carbocycles. The highest BCUT2D eigenvalue weighted by atomic mass is 16.5. The molecule has 2 unspecified atom stereocenters. The smallest absolute Gasteiger partial charge is 0.408 e. The Morgan fingerprint density at radius 1 is 1.14 bits per heavy atom. The van der Waals surface area contributed by atoms with Crippen LogP contribution in [0.25, 0.3) is 0 Å². The van der Waals surface area contributed by atoms with Gasteiger partial charge in [0.2, 0.25) is 0 Å². The minimum absolute atomic E-state index is 0.0858. The normalized spacial score (nSPS) is 17.4. The van der Waals surface area contributed by atoms with Crippen LogP contribution >= 0.6 is 0 Å². The highest BCUT2D eigenvalue weighted by molar-refractivity contribution is 5.68. The molecule has 1 aliphatic heterocycles. The first-order chi connectivity index (χ1) is 14.3. The van der Waals surface area contributed by atoms with E-state index in [1.165, 1.54) is 0 Å². The lowest BCUT2D eigenvalue weighted by Crippen LogP contribution is -2.30. The summed E-state index contributed by atoms with van der Waals surface area (Å²) in [6.07, 6.45) is 2.72. The summed E-state index contributed by atoms with van der Waals surface area (Å²) in [5, 5.41) is 10.4. The van der Waals surface area contributed by atoms with Gasteiger partial charge in [-0.15, -0.1) is 0 Å². The summed E-state index contributed by atoms with van der Waals surface area (Å²) >= 11 is 0. The maximum atomic E-state index is 12.4. The second-order valence-corrected chi connectivity index (χ2v) is 7.04. The molecule has 0 aliphatic carbocycles. The minimum Gasteiger partial charge on any atom is -0.445 e. The van der Waals surface area contributed by atoms with E-state index in [-0.39, 0.29) is 12.6 Å². The zero-order valence-corrected chi connectivity index (χ0v) is 16.1. The number of nitrogens with one attached hydrogen (secondary N) is 2. The summed E-state index contributed by atoms with van der Waals surface area (Å²) in [6, 6.07) is 18.6. The summed E-state index contributed by atoms with van der Waals surface area (Å²) in [4.78, 5) is 17.0. The van der Waals surface area contributed by atoms with Crippen molar-refractivity contribution in [1.82, 2.24) is 20.8 Å². The molecule has 7 heteroatoms. The van der Waals surface area contributed by atoms with Crippen molar-refractivity contribution in [3.63, 3.8) is 0 Å². The zero-order valence-electron chi connectivity index (χ0n) is 16.1. The summed E-state index contributed by atoms with van der Waals surface area (Å²) < 4.78 is 10.9. The van der Waals surface area contributed by atoms with Crippen LogP contribution in [0, 0.1) is 0 Å². The van der Waals surface area contributed by atoms with Gasteiger partial charge in [0.1, 0.15) is 12.6 Å². The van der Waals surface area contributed by atoms with Gasteiger partial charge in [-0.05, 0) is 30.5 Å². The Bertz CT molecular complexity index is 908. The molecule has 2 aromatic carbocycles. The number of hydrogen-bond acceptors (Lipinski definition) is 6. The lowest BCUT2D eigenvalue weighted by Gasteiger charge is -2.20. The number of piperidine rings is 1. The number of rotatable bonds is 6. The molecule has 3 aromatic rings. The van der Waals surface area contributed by atoms with Crippen LogP contribution in [-0.2, 0) is 11.3 Å². The summed E-state index contributed by atoms with van der Waals surface area (Å²) in [5.74, 6) is 0.968. The predicted octanol–water partition coefficient (Wildman–Crippen LogP) is 3.90. The first-order valence-corrected chi connectivity index (χ1v) is 9.88. The first kappa shape index (κ1) is 19.1. The SMILES string of the molecule is O=C(NC(c1ccccc1)c1nc(C2CCCCN2)no1)OCc1ccccc1. The van der Waals surface area contributed by atoms with E-state index < -0.39 is 12.1 Å². The molecule has 1 aliphatic rings. The second kappa shape index (κ2) is 9.34.